The van der Waals surface area contributed by atoms with Gasteiger partial charge in [0.1, 0.15) is 0 Å². The van der Waals surface area contributed by atoms with Crippen molar-refractivity contribution in [2.75, 3.05) is 0 Å². The molecular formula is C13H15NS. The molecule has 0 unspecified atom stereocenters. The Hall–Kier alpha value is -0.860. The first-order valence-electron chi connectivity index (χ1n) is 5.37. The maximum atomic E-state index is 6.20. The lowest BCUT2D eigenvalue weighted by Crippen LogP contribution is -2.14. The molecule has 1 aliphatic carbocycles. The van der Waals surface area contributed by atoms with Crippen molar-refractivity contribution < 1.29 is 0 Å². The largest absolute Gasteiger partial charge is 0.323 e. The Morgan fingerprint density at radius 3 is 2.87 bits per heavy atom. The minimum atomic E-state index is 0.243. The molecule has 78 valence electrons. The van der Waals surface area contributed by atoms with Crippen molar-refractivity contribution in [3.8, 4) is 0 Å². The number of fused-ring (bicyclic) bond motifs is 3. The highest BCUT2D eigenvalue weighted by atomic mass is 32.1. The van der Waals surface area contributed by atoms with Crippen molar-refractivity contribution in [1.29, 1.82) is 0 Å². The zero-order valence-corrected chi connectivity index (χ0v) is 9.90. The van der Waals surface area contributed by atoms with Crippen LogP contribution in [-0.2, 0) is 5.41 Å². The van der Waals surface area contributed by atoms with Crippen LogP contribution < -0.4 is 5.73 Å². The molecule has 15 heavy (non-hydrogen) atoms. The number of hydrogen-bond acceptors (Lipinski definition) is 2. The first kappa shape index (κ1) is 9.37. The summed E-state index contributed by atoms with van der Waals surface area (Å²) >= 11 is 1.87. The molecular weight excluding hydrogens is 202 g/mol. The average Bonchev–Trinajstić information content (AvgIpc) is 2.64. The number of nitrogens with two attached hydrogens (primary N) is 1. The molecule has 2 aromatic rings. The molecule has 0 radical (unpaired) electrons. The van der Waals surface area contributed by atoms with E-state index >= 15 is 0 Å². The van der Waals surface area contributed by atoms with E-state index in [-0.39, 0.29) is 11.5 Å². The smallest absolute Gasteiger partial charge is 0.0401 e. The lowest BCUT2D eigenvalue weighted by molar-refractivity contribution is 0.484. The minimum absolute atomic E-state index is 0.243. The van der Waals surface area contributed by atoms with Crippen molar-refractivity contribution in [1.82, 2.24) is 0 Å². The molecule has 0 aliphatic heterocycles. The summed E-state index contributed by atoms with van der Waals surface area (Å²) in [4.78, 5) is 1.40. The Balaban J connectivity index is 2.40. The van der Waals surface area contributed by atoms with Crippen LogP contribution in [0.5, 0.6) is 0 Å². The second-order valence-electron chi connectivity index (χ2n) is 5.03. The van der Waals surface area contributed by atoms with Crippen LogP contribution in [0.1, 0.15) is 36.8 Å². The Kier molecular flexibility index (Phi) is 1.77. The van der Waals surface area contributed by atoms with Crippen molar-refractivity contribution in [3.63, 3.8) is 0 Å². The van der Waals surface area contributed by atoms with E-state index in [2.05, 4.69) is 38.1 Å². The van der Waals surface area contributed by atoms with Gasteiger partial charge >= 0.3 is 0 Å². The normalized spacial score (nSPS) is 23.3. The Labute approximate surface area is 93.9 Å². The molecule has 0 spiro atoms. The third-order valence-electron chi connectivity index (χ3n) is 3.37. The van der Waals surface area contributed by atoms with Gasteiger partial charge in [-0.3, -0.25) is 0 Å². The molecule has 0 saturated heterocycles. The summed E-state index contributed by atoms with van der Waals surface area (Å²) < 4.78 is 1.38. The van der Waals surface area contributed by atoms with Gasteiger partial charge < -0.3 is 5.73 Å². The predicted molar refractivity (Wildman–Crippen MR) is 66.4 cm³/mol. The van der Waals surface area contributed by atoms with Crippen LogP contribution in [0.3, 0.4) is 0 Å². The van der Waals surface area contributed by atoms with Gasteiger partial charge in [0.2, 0.25) is 0 Å². The van der Waals surface area contributed by atoms with Gasteiger partial charge in [0.25, 0.3) is 0 Å². The molecule has 3 rings (SSSR count). The molecule has 1 aliphatic rings. The highest BCUT2D eigenvalue weighted by Gasteiger charge is 2.38. The summed E-state index contributed by atoms with van der Waals surface area (Å²) in [5.74, 6) is 0. The minimum Gasteiger partial charge on any atom is -0.323 e. The van der Waals surface area contributed by atoms with E-state index in [0.29, 0.717) is 0 Å². The molecule has 1 atom stereocenters. The molecule has 1 nitrogen and oxygen atoms in total. The summed E-state index contributed by atoms with van der Waals surface area (Å²) in [6, 6.07) is 8.89. The van der Waals surface area contributed by atoms with Crippen LogP contribution in [0.2, 0.25) is 0 Å². The Bertz CT molecular complexity index is 524. The van der Waals surface area contributed by atoms with E-state index in [4.69, 9.17) is 5.73 Å². The third kappa shape index (κ3) is 1.18. The summed E-state index contributed by atoms with van der Waals surface area (Å²) in [5, 5.41) is 1.41. The zero-order chi connectivity index (χ0) is 10.6. The van der Waals surface area contributed by atoms with Crippen LogP contribution in [0.25, 0.3) is 10.1 Å². The van der Waals surface area contributed by atoms with Crippen molar-refractivity contribution in [2.45, 2.75) is 31.7 Å². The fraction of sp³-hybridized carbons (Fsp3) is 0.385. The van der Waals surface area contributed by atoms with Crippen LogP contribution in [-0.4, -0.2) is 0 Å². The Morgan fingerprint density at radius 2 is 2.07 bits per heavy atom. The summed E-state index contributed by atoms with van der Waals surface area (Å²) in [6.45, 7) is 4.61. The molecule has 2 heteroatoms. The number of thiophene rings is 1. The second kappa shape index (κ2) is 2.83. The van der Waals surface area contributed by atoms with E-state index in [1.807, 2.05) is 11.3 Å². The van der Waals surface area contributed by atoms with E-state index in [0.717, 1.165) is 6.42 Å². The van der Waals surface area contributed by atoms with Gasteiger partial charge in [-0.15, -0.1) is 11.3 Å². The molecule has 1 aromatic carbocycles. The van der Waals surface area contributed by atoms with Gasteiger partial charge in [-0.25, -0.2) is 0 Å². The molecule has 2 N–H and O–H groups in total. The van der Waals surface area contributed by atoms with Gasteiger partial charge in [-0.2, -0.15) is 0 Å². The maximum Gasteiger partial charge on any atom is 0.0401 e. The zero-order valence-electron chi connectivity index (χ0n) is 9.08. The Morgan fingerprint density at radius 1 is 1.33 bits per heavy atom. The molecule has 0 fully saturated rings. The SMILES string of the molecule is CC1(C)C[C@@H](N)c2sc3ccccc3c21. The summed E-state index contributed by atoms with van der Waals surface area (Å²) in [6.07, 6.45) is 1.08. The summed E-state index contributed by atoms with van der Waals surface area (Å²) in [7, 11) is 0. The summed E-state index contributed by atoms with van der Waals surface area (Å²) in [5.41, 5.74) is 7.94. The maximum absolute atomic E-state index is 6.20. The number of rotatable bonds is 0. The van der Waals surface area contributed by atoms with Crippen molar-refractivity contribution in [3.05, 3.63) is 34.7 Å². The monoisotopic (exact) mass is 217 g/mol. The van der Waals surface area contributed by atoms with Crippen LogP contribution in [0.4, 0.5) is 0 Å². The molecule has 1 heterocycles. The molecule has 0 bridgehead atoms. The van der Waals surface area contributed by atoms with E-state index < -0.39 is 0 Å². The van der Waals surface area contributed by atoms with Gasteiger partial charge in [0, 0.05) is 15.6 Å². The first-order valence-corrected chi connectivity index (χ1v) is 6.19. The van der Waals surface area contributed by atoms with Gasteiger partial charge in [-0.1, -0.05) is 32.0 Å². The van der Waals surface area contributed by atoms with E-state index in [1.54, 1.807) is 0 Å². The predicted octanol–water partition coefficient (Wildman–Crippen LogP) is 3.58. The van der Waals surface area contributed by atoms with Crippen LogP contribution in [0.15, 0.2) is 24.3 Å². The van der Waals surface area contributed by atoms with Gasteiger partial charge in [0.05, 0.1) is 0 Å². The fourth-order valence-corrected chi connectivity index (χ4v) is 4.15. The third-order valence-corrected chi connectivity index (χ3v) is 4.67. The number of benzene rings is 1. The average molecular weight is 217 g/mol. The second-order valence-corrected chi connectivity index (χ2v) is 6.12. The lowest BCUT2D eigenvalue weighted by Gasteiger charge is -2.18. The highest BCUT2D eigenvalue weighted by molar-refractivity contribution is 7.19. The molecule has 0 amide bonds. The van der Waals surface area contributed by atoms with Crippen molar-refractivity contribution in [2.24, 2.45) is 5.73 Å². The van der Waals surface area contributed by atoms with Crippen molar-refractivity contribution >= 4 is 21.4 Å². The fourth-order valence-electron chi connectivity index (χ4n) is 2.77. The number of hydrogen-bond donors (Lipinski definition) is 1. The highest BCUT2D eigenvalue weighted by Crippen LogP contribution is 2.50. The lowest BCUT2D eigenvalue weighted by atomic mass is 9.85. The van der Waals surface area contributed by atoms with E-state index in [9.17, 15) is 0 Å². The standard InChI is InChI=1S/C13H15NS/c1-13(2)7-9(14)12-11(13)8-5-3-4-6-10(8)15-12/h3-6,9H,7,14H2,1-2H3/t9-/m1/s1. The topological polar surface area (TPSA) is 26.0 Å². The molecule has 1 aromatic heterocycles. The van der Waals surface area contributed by atoms with Crippen LogP contribution in [0, 0.1) is 0 Å². The first-order chi connectivity index (χ1) is 7.09. The van der Waals surface area contributed by atoms with Gasteiger partial charge in [-0.05, 0) is 28.9 Å². The van der Waals surface area contributed by atoms with E-state index in [1.165, 1.54) is 20.5 Å². The van der Waals surface area contributed by atoms with Gasteiger partial charge in [0.15, 0.2) is 0 Å². The van der Waals surface area contributed by atoms with Crippen LogP contribution >= 0.6 is 11.3 Å². The molecule has 0 saturated carbocycles. The quantitative estimate of drug-likeness (QED) is 0.717.